The number of rotatable bonds is 14. The van der Waals surface area contributed by atoms with Gasteiger partial charge in [0.15, 0.2) is 0 Å². The highest BCUT2D eigenvalue weighted by molar-refractivity contribution is 7.91. The van der Waals surface area contributed by atoms with Gasteiger partial charge in [0.1, 0.15) is 16.3 Å². The standard InChI is InChI=1S/C37H58N6O7S2/c1-22(2)25-20-43(29(23(25)3)33(46)39-26(19-24-14-15-24)30(44)32(38)45)34(47)31(37(7)16-10-9-11-17-37)41-35(48)40-27(36(4,5)6)21-42(8)52(49,50)28-13-12-18-51-28/h12-13,18,23-24,26-27,29,31H,9-11,14-17,19-21H2,1-8H3,(H2,38,45)(H,39,46)(H2,40,41,48)/t23-,26?,27+,29-,31+/m0/s1. The molecule has 4 rings (SSSR count). The molecule has 1 aliphatic heterocycles. The Kier molecular flexibility index (Phi) is 13.1. The van der Waals surface area contributed by atoms with Gasteiger partial charge in [-0.2, -0.15) is 4.31 Å². The lowest BCUT2D eigenvalue weighted by atomic mass is 9.70. The number of hydrogen-bond donors (Lipinski definition) is 4. The first-order chi connectivity index (χ1) is 24.2. The Labute approximate surface area is 312 Å². The molecule has 52 heavy (non-hydrogen) atoms. The van der Waals surface area contributed by atoms with E-state index >= 15 is 0 Å². The van der Waals surface area contributed by atoms with E-state index in [1.165, 1.54) is 16.3 Å². The van der Waals surface area contributed by atoms with Crippen molar-refractivity contribution in [2.45, 2.75) is 128 Å². The van der Waals surface area contributed by atoms with Gasteiger partial charge in [-0.25, -0.2) is 13.2 Å². The van der Waals surface area contributed by atoms with Crippen LogP contribution in [0.5, 0.6) is 0 Å². The zero-order valence-electron chi connectivity index (χ0n) is 31.9. The fourth-order valence-corrected chi connectivity index (χ4v) is 9.95. The number of primary amides is 1. The van der Waals surface area contributed by atoms with Crippen LogP contribution in [-0.4, -0.2) is 91.5 Å². The molecule has 13 nitrogen and oxygen atoms in total. The van der Waals surface area contributed by atoms with Crippen LogP contribution in [0.4, 0.5) is 4.79 Å². The maximum Gasteiger partial charge on any atom is 0.315 e. The van der Waals surface area contributed by atoms with Gasteiger partial charge in [-0.15, -0.1) is 11.3 Å². The van der Waals surface area contributed by atoms with E-state index in [1.54, 1.807) is 17.5 Å². The van der Waals surface area contributed by atoms with E-state index in [1.807, 2.05) is 48.5 Å². The molecule has 0 spiro atoms. The summed E-state index contributed by atoms with van der Waals surface area (Å²) >= 11 is 1.12. The van der Waals surface area contributed by atoms with Gasteiger partial charge >= 0.3 is 6.03 Å². The second-order valence-corrected chi connectivity index (χ2v) is 19.8. The minimum atomic E-state index is -3.79. The number of thiophene rings is 1. The van der Waals surface area contributed by atoms with Crippen LogP contribution in [0.1, 0.15) is 99.8 Å². The first-order valence-corrected chi connectivity index (χ1v) is 20.7. The number of carbonyl (C=O) groups excluding carboxylic acids is 5. The molecule has 1 unspecified atom stereocenters. The van der Waals surface area contributed by atoms with E-state index in [4.69, 9.17) is 5.73 Å². The molecule has 2 aliphatic carbocycles. The summed E-state index contributed by atoms with van der Waals surface area (Å²) in [5.74, 6) is -3.11. The van der Waals surface area contributed by atoms with Gasteiger partial charge in [0.2, 0.25) is 17.6 Å². The number of likely N-dealkylation sites (tertiary alicyclic amines) is 1. The predicted molar refractivity (Wildman–Crippen MR) is 201 cm³/mol. The van der Waals surface area contributed by atoms with E-state index in [2.05, 4.69) is 16.0 Å². The maximum atomic E-state index is 14.9. The molecule has 0 radical (unpaired) electrons. The van der Waals surface area contributed by atoms with Crippen molar-refractivity contribution in [2.75, 3.05) is 20.1 Å². The van der Waals surface area contributed by atoms with Crippen LogP contribution in [0.3, 0.4) is 0 Å². The molecule has 3 aliphatic rings. The van der Waals surface area contributed by atoms with Crippen molar-refractivity contribution in [2.24, 2.45) is 28.4 Å². The van der Waals surface area contributed by atoms with Crippen molar-refractivity contribution >= 4 is 50.9 Å². The smallest absolute Gasteiger partial charge is 0.315 e. The summed E-state index contributed by atoms with van der Waals surface area (Å²) in [5.41, 5.74) is 6.04. The highest BCUT2D eigenvalue weighted by Gasteiger charge is 2.50. The van der Waals surface area contributed by atoms with Crippen LogP contribution in [0.2, 0.25) is 0 Å². The van der Waals surface area contributed by atoms with Crippen molar-refractivity contribution < 1.29 is 32.4 Å². The summed E-state index contributed by atoms with van der Waals surface area (Å²) in [6.07, 6.45) is 6.21. The number of allylic oxidation sites excluding steroid dienone is 1. The molecule has 5 atom stereocenters. The molecular formula is C37H58N6O7S2. The van der Waals surface area contributed by atoms with Crippen molar-refractivity contribution in [1.29, 1.82) is 0 Å². The molecule has 15 heteroatoms. The van der Waals surface area contributed by atoms with Crippen LogP contribution in [0.25, 0.3) is 0 Å². The van der Waals surface area contributed by atoms with Crippen molar-refractivity contribution in [3.8, 4) is 0 Å². The SMILES string of the molecule is CC(C)=C1CN(C(=O)[C@@H](NC(=O)N[C@H](CN(C)S(=O)(=O)c2cccs2)C(C)(C)C)C2(C)CCCCC2)[C@H](C(=O)NC(CC2CC2)C(=O)C(N)=O)[C@H]1C. The Morgan fingerprint density at radius 3 is 2.21 bits per heavy atom. The molecule has 2 heterocycles. The van der Waals surface area contributed by atoms with E-state index < -0.39 is 74.6 Å². The van der Waals surface area contributed by atoms with Crippen LogP contribution in [0, 0.1) is 22.7 Å². The first-order valence-electron chi connectivity index (χ1n) is 18.3. The Morgan fingerprint density at radius 2 is 1.69 bits per heavy atom. The third-order valence-corrected chi connectivity index (χ3v) is 14.4. The molecule has 0 aromatic carbocycles. The van der Waals surface area contributed by atoms with E-state index in [-0.39, 0.29) is 29.1 Å². The number of nitrogens with one attached hydrogen (secondary N) is 3. The molecule has 5 amide bonds. The quantitative estimate of drug-likeness (QED) is 0.163. The van der Waals surface area contributed by atoms with Gasteiger partial charge < -0.3 is 26.6 Å². The summed E-state index contributed by atoms with van der Waals surface area (Å²) in [6.45, 7) is 13.6. The zero-order chi connectivity index (χ0) is 38.8. The second-order valence-electron chi connectivity index (χ2n) is 16.6. The summed E-state index contributed by atoms with van der Waals surface area (Å²) in [5, 5.41) is 10.5. The van der Waals surface area contributed by atoms with Gasteiger partial charge in [0.05, 0.1) is 6.04 Å². The largest absolute Gasteiger partial charge is 0.363 e. The van der Waals surface area contributed by atoms with Crippen LogP contribution < -0.4 is 21.7 Å². The fourth-order valence-electron chi connectivity index (χ4n) is 7.56. The minimum absolute atomic E-state index is 0.00506. The summed E-state index contributed by atoms with van der Waals surface area (Å²) in [7, 11) is -2.30. The molecule has 1 aromatic heterocycles. The summed E-state index contributed by atoms with van der Waals surface area (Å²) in [4.78, 5) is 69.2. The Bertz CT molecular complexity index is 1640. The van der Waals surface area contributed by atoms with Crippen LogP contribution in [0.15, 0.2) is 32.9 Å². The van der Waals surface area contributed by atoms with Gasteiger partial charge in [0.25, 0.3) is 15.9 Å². The average molecular weight is 763 g/mol. The van der Waals surface area contributed by atoms with Crippen LogP contribution in [-0.2, 0) is 29.2 Å². The molecule has 1 saturated heterocycles. The number of amides is 5. The molecule has 3 fully saturated rings. The van der Waals surface area contributed by atoms with E-state index in [0.29, 0.717) is 19.3 Å². The van der Waals surface area contributed by atoms with Crippen molar-refractivity contribution in [3.05, 3.63) is 28.7 Å². The number of Topliss-reactive ketones (excluding diaryl/α,β-unsaturated/α-hetero) is 1. The Balaban J connectivity index is 1.63. The number of hydrogen-bond acceptors (Lipinski definition) is 8. The normalized spacial score (nSPS) is 22.3. The molecule has 0 bridgehead atoms. The van der Waals surface area contributed by atoms with E-state index in [0.717, 1.165) is 54.6 Å². The Morgan fingerprint density at radius 1 is 1.06 bits per heavy atom. The highest BCUT2D eigenvalue weighted by Crippen LogP contribution is 2.42. The zero-order valence-corrected chi connectivity index (χ0v) is 33.5. The number of sulfonamides is 1. The number of urea groups is 1. The fraction of sp³-hybridized carbons (Fsp3) is 0.703. The van der Waals surface area contributed by atoms with Gasteiger partial charge in [-0.1, -0.05) is 78.4 Å². The molecule has 290 valence electrons. The first kappa shape index (κ1) is 41.5. The van der Waals surface area contributed by atoms with Gasteiger partial charge in [0, 0.05) is 32.1 Å². The number of ketones is 1. The van der Waals surface area contributed by atoms with E-state index in [9.17, 15) is 32.4 Å². The monoisotopic (exact) mass is 762 g/mol. The summed E-state index contributed by atoms with van der Waals surface area (Å²) in [6, 6.07) is -1.10. The molecule has 2 saturated carbocycles. The lowest BCUT2D eigenvalue weighted by Crippen LogP contribution is -2.63. The summed E-state index contributed by atoms with van der Waals surface area (Å²) < 4.78 is 28.0. The predicted octanol–water partition coefficient (Wildman–Crippen LogP) is 3.94. The van der Waals surface area contributed by atoms with Gasteiger partial charge in [-0.05, 0) is 66.9 Å². The molecular weight excluding hydrogens is 705 g/mol. The average Bonchev–Trinajstić information content (AvgIpc) is 3.54. The topological polar surface area (TPSA) is 188 Å². The number of nitrogens with zero attached hydrogens (tertiary/aromatic N) is 2. The number of nitrogens with two attached hydrogens (primary N) is 1. The minimum Gasteiger partial charge on any atom is -0.363 e. The third-order valence-electron chi connectivity index (χ3n) is 11.2. The highest BCUT2D eigenvalue weighted by atomic mass is 32.2. The van der Waals surface area contributed by atoms with Crippen molar-refractivity contribution in [3.63, 3.8) is 0 Å². The second kappa shape index (κ2) is 16.4. The lowest BCUT2D eigenvalue weighted by molar-refractivity contribution is -0.145. The number of likely N-dealkylation sites (N-methyl/N-ethyl adjacent to an activating group) is 1. The Hall–Kier alpha value is -3.30. The maximum absolute atomic E-state index is 14.9. The van der Waals surface area contributed by atoms with Crippen LogP contribution >= 0.6 is 11.3 Å². The third kappa shape index (κ3) is 9.62. The van der Waals surface area contributed by atoms with Gasteiger partial charge in [-0.3, -0.25) is 19.2 Å². The molecule has 5 N–H and O–H groups in total. The van der Waals surface area contributed by atoms with Crippen molar-refractivity contribution in [1.82, 2.24) is 25.2 Å². The lowest BCUT2D eigenvalue weighted by Gasteiger charge is -2.43. The number of carbonyl (C=O) groups is 5. The molecule has 1 aromatic rings.